The molecule has 50 valence electrons. The molecule has 0 aromatic carbocycles. The van der Waals surface area contributed by atoms with Crippen LogP contribution in [0, 0.1) is 0 Å². The summed E-state index contributed by atoms with van der Waals surface area (Å²) in [5.41, 5.74) is 5.53. The highest BCUT2D eigenvalue weighted by atomic mass is 16.3. The van der Waals surface area contributed by atoms with Gasteiger partial charge < -0.3 is 10.8 Å². The molecule has 0 aliphatic carbocycles. The average molecular weight is 117 g/mol. The lowest BCUT2D eigenvalue weighted by Crippen LogP contribution is -2.20. The van der Waals surface area contributed by atoms with Gasteiger partial charge in [0.05, 0.1) is 0 Å². The minimum absolute atomic E-state index is 0.213. The maximum Gasteiger partial charge on any atom is 0.0445 e. The van der Waals surface area contributed by atoms with Gasteiger partial charge in [0.1, 0.15) is 0 Å². The van der Waals surface area contributed by atoms with Gasteiger partial charge in [0.2, 0.25) is 0 Å². The van der Waals surface area contributed by atoms with Crippen LogP contribution in [0.4, 0.5) is 0 Å². The number of hydrogen-bond acceptors (Lipinski definition) is 2. The molecular formula is C6H15NO. The summed E-state index contributed by atoms with van der Waals surface area (Å²) in [4.78, 5) is 0. The first kappa shape index (κ1) is 7.92. The van der Waals surface area contributed by atoms with Crippen molar-refractivity contribution in [3.8, 4) is 0 Å². The monoisotopic (exact) mass is 117 g/mol. The maximum absolute atomic E-state index is 8.38. The summed E-state index contributed by atoms with van der Waals surface area (Å²) in [6.07, 6.45) is 2.88. The van der Waals surface area contributed by atoms with Crippen molar-refractivity contribution in [1.29, 1.82) is 0 Å². The molecule has 8 heavy (non-hydrogen) atoms. The van der Waals surface area contributed by atoms with Gasteiger partial charge in [-0.2, -0.15) is 0 Å². The minimum atomic E-state index is 0.213. The summed E-state index contributed by atoms with van der Waals surface area (Å²) in [6, 6.07) is 0.213. The molecule has 0 aromatic heterocycles. The molecular weight excluding hydrogens is 102 g/mol. The van der Waals surface area contributed by atoms with E-state index in [1.807, 2.05) is 0 Å². The zero-order valence-electron chi connectivity index (χ0n) is 5.43. The summed E-state index contributed by atoms with van der Waals surface area (Å²) in [5.74, 6) is 0. The van der Waals surface area contributed by atoms with E-state index in [0.29, 0.717) is 0 Å². The fourth-order valence-electron chi connectivity index (χ4n) is 0.681. The molecule has 0 aliphatic heterocycles. The molecule has 0 radical (unpaired) electrons. The Kier molecular flexibility index (Phi) is 5.01. The van der Waals surface area contributed by atoms with Crippen LogP contribution in [0.2, 0.25) is 0 Å². The molecule has 0 aliphatic rings. The van der Waals surface area contributed by atoms with Crippen LogP contribution in [-0.4, -0.2) is 17.8 Å². The highest BCUT2D eigenvalue weighted by Gasteiger charge is 1.96. The predicted octanol–water partition coefficient (Wildman–Crippen LogP) is 0.496. The Morgan fingerprint density at radius 2 is 2.12 bits per heavy atom. The van der Waals surface area contributed by atoms with Gasteiger partial charge in [0.25, 0.3) is 0 Å². The quantitative estimate of drug-likeness (QED) is 0.563. The van der Waals surface area contributed by atoms with Crippen molar-refractivity contribution in [3.63, 3.8) is 0 Å². The standard InChI is InChI=1S/C6H15NO/c1-2-3-6(7)4-5-8/h6,8H,2-5,7H2,1H3/t6-/m0/s1. The number of nitrogens with two attached hydrogens (primary N) is 1. The third kappa shape index (κ3) is 4.09. The summed E-state index contributed by atoms with van der Waals surface area (Å²) >= 11 is 0. The first-order valence-electron chi connectivity index (χ1n) is 3.17. The Labute approximate surface area is 50.7 Å². The van der Waals surface area contributed by atoms with Crippen molar-refractivity contribution >= 4 is 0 Å². The molecule has 0 heterocycles. The Balaban J connectivity index is 2.92. The summed E-state index contributed by atoms with van der Waals surface area (Å²) < 4.78 is 0. The molecule has 0 unspecified atom stereocenters. The van der Waals surface area contributed by atoms with Crippen LogP contribution in [0.5, 0.6) is 0 Å². The number of aliphatic hydroxyl groups is 1. The largest absolute Gasteiger partial charge is 0.396 e. The van der Waals surface area contributed by atoms with Crippen LogP contribution in [0.1, 0.15) is 26.2 Å². The van der Waals surface area contributed by atoms with Crippen LogP contribution in [0.3, 0.4) is 0 Å². The van der Waals surface area contributed by atoms with Crippen LogP contribution < -0.4 is 5.73 Å². The van der Waals surface area contributed by atoms with Crippen molar-refractivity contribution in [2.45, 2.75) is 32.2 Å². The molecule has 0 saturated carbocycles. The highest BCUT2D eigenvalue weighted by Crippen LogP contribution is 1.95. The normalized spacial score (nSPS) is 13.9. The van der Waals surface area contributed by atoms with Crippen LogP contribution in [0.25, 0.3) is 0 Å². The predicted molar refractivity (Wildman–Crippen MR) is 34.6 cm³/mol. The van der Waals surface area contributed by atoms with Gasteiger partial charge in [-0.15, -0.1) is 0 Å². The molecule has 0 bridgehead atoms. The topological polar surface area (TPSA) is 46.2 Å². The molecule has 0 amide bonds. The molecule has 2 nitrogen and oxygen atoms in total. The molecule has 0 rings (SSSR count). The van der Waals surface area contributed by atoms with Crippen molar-refractivity contribution < 1.29 is 5.11 Å². The van der Waals surface area contributed by atoms with E-state index in [1.54, 1.807) is 0 Å². The van der Waals surface area contributed by atoms with Gasteiger partial charge >= 0.3 is 0 Å². The molecule has 2 heteroatoms. The number of rotatable bonds is 4. The molecule has 0 saturated heterocycles. The second kappa shape index (κ2) is 5.06. The van der Waals surface area contributed by atoms with Crippen molar-refractivity contribution in [2.75, 3.05) is 6.61 Å². The zero-order chi connectivity index (χ0) is 6.41. The summed E-state index contributed by atoms with van der Waals surface area (Å²) in [7, 11) is 0. The highest BCUT2D eigenvalue weighted by molar-refractivity contribution is 4.57. The van der Waals surface area contributed by atoms with Crippen LogP contribution >= 0.6 is 0 Å². The van der Waals surface area contributed by atoms with Gasteiger partial charge in [-0.05, 0) is 12.8 Å². The molecule has 0 aromatic rings. The van der Waals surface area contributed by atoms with E-state index >= 15 is 0 Å². The Hall–Kier alpha value is -0.0800. The Morgan fingerprint density at radius 3 is 2.50 bits per heavy atom. The van der Waals surface area contributed by atoms with E-state index < -0.39 is 0 Å². The van der Waals surface area contributed by atoms with E-state index in [0.717, 1.165) is 19.3 Å². The molecule has 3 N–H and O–H groups in total. The molecule has 1 atom stereocenters. The fraction of sp³-hybridized carbons (Fsp3) is 1.00. The lowest BCUT2D eigenvalue weighted by Gasteiger charge is -2.05. The van der Waals surface area contributed by atoms with E-state index in [4.69, 9.17) is 10.8 Å². The zero-order valence-corrected chi connectivity index (χ0v) is 5.43. The lowest BCUT2D eigenvalue weighted by atomic mass is 10.1. The first-order valence-corrected chi connectivity index (χ1v) is 3.17. The van der Waals surface area contributed by atoms with Crippen LogP contribution in [-0.2, 0) is 0 Å². The second-order valence-corrected chi connectivity index (χ2v) is 2.06. The summed E-state index contributed by atoms with van der Waals surface area (Å²) in [5, 5.41) is 8.38. The van der Waals surface area contributed by atoms with Gasteiger partial charge in [-0.3, -0.25) is 0 Å². The molecule has 0 spiro atoms. The minimum Gasteiger partial charge on any atom is -0.396 e. The average Bonchev–Trinajstić information content (AvgIpc) is 1.68. The van der Waals surface area contributed by atoms with Gasteiger partial charge in [0.15, 0.2) is 0 Å². The summed E-state index contributed by atoms with van der Waals surface area (Å²) in [6.45, 7) is 2.32. The molecule has 0 fully saturated rings. The maximum atomic E-state index is 8.38. The fourth-order valence-corrected chi connectivity index (χ4v) is 0.681. The van der Waals surface area contributed by atoms with Crippen molar-refractivity contribution in [3.05, 3.63) is 0 Å². The van der Waals surface area contributed by atoms with E-state index in [-0.39, 0.29) is 12.6 Å². The SMILES string of the molecule is CCC[C@H](N)CCO. The van der Waals surface area contributed by atoms with Gasteiger partial charge in [-0.1, -0.05) is 13.3 Å². The number of aliphatic hydroxyl groups excluding tert-OH is 1. The first-order chi connectivity index (χ1) is 3.81. The van der Waals surface area contributed by atoms with E-state index in [9.17, 15) is 0 Å². The third-order valence-corrected chi connectivity index (χ3v) is 1.16. The van der Waals surface area contributed by atoms with Gasteiger partial charge in [0, 0.05) is 12.6 Å². The Morgan fingerprint density at radius 1 is 1.50 bits per heavy atom. The Bertz CT molecular complexity index is 41.8. The number of hydrogen-bond donors (Lipinski definition) is 2. The second-order valence-electron chi connectivity index (χ2n) is 2.06. The van der Waals surface area contributed by atoms with E-state index in [2.05, 4.69) is 6.92 Å². The van der Waals surface area contributed by atoms with Crippen molar-refractivity contribution in [1.82, 2.24) is 0 Å². The van der Waals surface area contributed by atoms with Crippen molar-refractivity contribution in [2.24, 2.45) is 5.73 Å². The van der Waals surface area contributed by atoms with E-state index in [1.165, 1.54) is 0 Å². The third-order valence-electron chi connectivity index (χ3n) is 1.16. The van der Waals surface area contributed by atoms with Crippen LogP contribution in [0.15, 0.2) is 0 Å². The lowest BCUT2D eigenvalue weighted by molar-refractivity contribution is 0.273. The smallest absolute Gasteiger partial charge is 0.0445 e. The van der Waals surface area contributed by atoms with Gasteiger partial charge in [-0.25, -0.2) is 0 Å².